The van der Waals surface area contributed by atoms with Crippen LogP contribution in [0.25, 0.3) is 0 Å². The van der Waals surface area contributed by atoms with E-state index in [4.69, 9.17) is 0 Å². The predicted molar refractivity (Wildman–Crippen MR) is 83.0 cm³/mol. The molecule has 0 bridgehead atoms. The molecule has 1 aromatic heterocycles. The van der Waals surface area contributed by atoms with Crippen molar-refractivity contribution in [1.29, 1.82) is 0 Å². The molecule has 19 heavy (non-hydrogen) atoms. The number of hydrogen-bond acceptors (Lipinski definition) is 3. The molecular weight excluding hydrogens is 372 g/mol. The second-order valence-corrected chi connectivity index (χ2v) is 6.07. The van der Waals surface area contributed by atoms with Crippen molar-refractivity contribution in [3.63, 3.8) is 0 Å². The number of rotatable bonds is 5. The highest BCUT2D eigenvalue weighted by atomic mass is 79.9. The Morgan fingerprint density at radius 1 is 1.26 bits per heavy atom. The summed E-state index contributed by atoms with van der Waals surface area (Å²) >= 11 is 7.05. The lowest BCUT2D eigenvalue weighted by Crippen LogP contribution is -2.21. The number of nitrogens with zero attached hydrogens (tertiary/aromatic N) is 3. The van der Waals surface area contributed by atoms with Gasteiger partial charge in [0.25, 0.3) is 0 Å². The average molecular weight is 388 g/mol. The molecular formula is C13H16Br2N4. The molecule has 0 amide bonds. The maximum absolute atomic E-state index is 4.33. The Morgan fingerprint density at radius 2 is 1.95 bits per heavy atom. The van der Waals surface area contributed by atoms with Gasteiger partial charge in [0.05, 0.1) is 0 Å². The molecule has 2 aromatic rings. The van der Waals surface area contributed by atoms with Gasteiger partial charge >= 0.3 is 0 Å². The van der Waals surface area contributed by atoms with Gasteiger partial charge in [0.15, 0.2) is 0 Å². The van der Waals surface area contributed by atoms with E-state index in [0.29, 0.717) is 0 Å². The molecule has 2 rings (SSSR count). The molecule has 0 radical (unpaired) electrons. The van der Waals surface area contributed by atoms with E-state index in [1.165, 1.54) is 5.56 Å². The number of aromatic nitrogens is 3. The molecule has 102 valence electrons. The summed E-state index contributed by atoms with van der Waals surface area (Å²) in [5, 5.41) is 7.55. The number of likely N-dealkylation sites (N-methyl/N-ethyl adjacent to an activating group) is 1. The first-order chi connectivity index (χ1) is 9.13. The Morgan fingerprint density at radius 3 is 2.53 bits per heavy atom. The third-order valence-corrected chi connectivity index (χ3v) is 3.93. The molecule has 1 unspecified atom stereocenters. The normalized spacial score (nSPS) is 12.6. The maximum Gasteiger partial charge on any atom is 0.138 e. The minimum atomic E-state index is 0.211. The largest absolute Gasteiger partial charge is 0.313 e. The van der Waals surface area contributed by atoms with E-state index < -0.39 is 0 Å². The summed E-state index contributed by atoms with van der Waals surface area (Å²) in [5.74, 6) is 0.998. The molecule has 4 nitrogen and oxygen atoms in total. The lowest BCUT2D eigenvalue weighted by atomic mass is 10.0. The van der Waals surface area contributed by atoms with E-state index in [0.717, 1.165) is 27.7 Å². The van der Waals surface area contributed by atoms with Gasteiger partial charge in [-0.05, 0) is 37.7 Å². The Kier molecular flexibility index (Phi) is 5.13. The third kappa shape index (κ3) is 3.64. The zero-order valence-electron chi connectivity index (χ0n) is 10.9. The number of benzene rings is 1. The molecule has 0 spiro atoms. The Bertz CT molecular complexity index is 533. The smallest absolute Gasteiger partial charge is 0.138 e. The molecule has 0 aliphatic heterocycles. The number of halogens is 2. The first-order valence-electron chi connectivity index (χ1n) is 6.14. The second kappa shape index (κ2) is 6.63. The fraction of sp³-hybridized carbons (Fsp3) is 0.385. The van der Waals surface area contributed by atoms with Crippen LogP contribution < -0.4 is 5.32 Å². The number of nitrogens with one attached hydrogen (secondary N) is 1. The van der Waals surface area contributed by atoms with Crippen LogP contribution in [0, 0.1) is 0 Å². The van der Waals surface area contributed by atoms with Gasteiger partial charge in [0.2, 0.25) is 0 Å². The highest BCUT2D eigenvalue weighted by Crippen LogP contribution is 2.25. The van der Waals surface area contributed by atoms with Crippen molar-refractivity contribution >= 4 is 31.9 Å². The lowest BCUT2D eigenvalue weighted by Gasteiger charge is -2.17. The van der Waals surface area contributed by atoms with Crippen LogP contribution in [-0.4, -0.2) is 21.8 Å². The second-order valence-electron chi connectivity index (χ2n) is 4.24. The van der Waals surface area contributed by atoms with Crippen molar-refractivity contribution in [2.75, 3.05) is 7.05 Å². The first kappa shape index (κ1) is 14.7. The number of aryl methyl sites for hydroxylation is 1. The SMILES string of the molecule is CCn1ncnc1CC(NC)c1cc(Br)cc(Br)c1. The summed E-state index contributed by atoms with van der Waals surface area (Å²) in [7, 11) is 1.96. The van der Waals surface area contributed by atoms with Crippen LogP contribution in [0.3, 0.4) is 0 Å². The van der Waals surface area contributed by atoms with Crippen molar-refractivity contribution < 1.29 is 0 Å². The third-order valence-electron chi connectivity index (χ3n) is 3.02. The van der Waals surface area contributed by atoms with Crippen LogP contribution in [0.1, 0.15) is 24.4 Å². The highest BCUT2D eigenvalue weighted by molar-refractivity contribution is 9.11. The minimum Gasteiger partial charge on any atom is -0.313 e. The Labute approximate surface area is 129 Å². The van der Waals surface area contributed by atoms with Gasteiger partial charge in [-0.3, -0.25) is 4.68 Å². The monoisotopic (exact) mass is 386 g/mol. The molecule has 0 fully saturated rings. The first-order valence-corrected chi connectivity index (χ1v) is 7.72. The van der Waals surface area contributed by atoms with E-state index >= 15 is 0 Å². The fourth-order valence-electron chi connectivity index (χ4n) is 2.06. The van der Waals surface area contributed by atoms with Gasteiger partial charge in [0.1, 0.15) is 12.2 Å². The molecule has 1 N–H and O–H groups in total. The summed E-state index contributed by atoms with van der Waals surface area (Å²) in [4.78, 5) is 4.33. The van der Waals surface area contributed by atoms with E-state index in [2.05, 4.69) is 66.3 Å². The van der Waals surface area contributed by atoms with Gasteiger partial charge < -0.3 is 5.32 Å². The van der Waals surface area contributed by atoms with Gasteiger partial charge in [-0.1, -0.05) is 31.9 Å². The van der Waals surface area contributed by atoms with Crippen LogP contribution in [0.5, 0.6) is 0 Å². The Hall–Kier alpha value is -0.720. The van der Waals surface area contributed by atoms with Crippen molar-refractivity contribution in [1.82, 2.24) is 20.1 Å². The van der Waals surface area contributed by atoms with E-state index in [-0.39, 0.29) is 6.04 Å². The van der Waals surface area contributed by atoms with Gasteiger partial charge in [-0.15, -0.1) is 0 Å². The summed E-state index contributed by atoms with van der Waals surface area (Å²) in [6, 6.07) is 6.49. The highest BCUT2D eigenvalue weighted by Gasteiger charge is 2.14. The Balaban J connectivity index is 2.25. The van der Waals surface area contributed by atoms with Crippen LogP contribution in [0.2, 0.25) is 0 Å². The summed E-state index contributed by atoms with van der Waals surface area (Å²) in [6.45, 7) is 2.91. The van der Waals surface area contributed by atoms with E-state index in [1.54, 1.807) is 6.33 Å². The topological polar surface area (TPSA) is 42.7 Å². The predicted octanol–water partition coefficient (Wildman–Crippen LogP) is 3.33. The quantitative estimate of drug-likeness (QED) is 0.855. The fourth-order valence-corrected chi connectivity index (χ4v) is 3.38. The lowest BCUT2D eigenvalue weighted by molar-refractivity contribution is 0.533. The minimum absolute atomic E-state index is 0.211. The zero-order chi connectivity index (χ0) is 13.8. The average Bonchev–Trinajstić information content (AvgIpc) is 2.81. The van der Waals surface area contributed by atoms with Crippen molar-refractivity contribution in [2.24, 2.45) is 0 Å². The van der Waals surface area contributed by atoms with Crippen LogP contribution in [-0.2, 0) is 13.0 Å². The van der Waals surface area contributed by atoms with E-state index in [1.807, 2.05) is 17.8 Å². The van der Waals surface area contributed by atoms with Crippen LogP contribution >= 0.6 is 31.9 Å². The maximum atomic E-state index is 4.33. The molecule has 1 atom stereocenters. The summed E-state index contributed by atoms with van der Waals surface area (Å²) in [5.41, 5.74) is 1.22. The van der Waals surface area contributed by atoms with Gasteiger partial charge in [-0.2, -0.15) is 5.10 Å². The molecule has 1 aromatic carbocycles. The van der Waals surface area contributed by atoms with Gasteiger partial charge in [-0.25, -0.2) is 4.98 Å². The molecule has 6 heteroatoms. The molecule has 0 aliphatic rings. The summed E-state index contributed by atoms with van der Waals surface area (Å²) < 4.78 is 4.06. The van der Waals surface area contributed by atoms with E-state index in [9.17, 15) is 0 Å². The van der Waals surface area contributed by atoms with Crippen molar-refractivity contribution in [3.05, 3.63) is 44.9 Å². The summed E-state index contributed by atoms with van der Waals surface area (Å²) in [6.07, 6.45) is 2.43. The molecule has 0 saturated carbocycles. The molecule has 1 heterocycles. The number of hydrogen-bond donors (Lipinski definition) is 1. The molecule has 0 aliphatic carbocycles. The zero-order valence-corrected chi connectivity index (χ0v) is 14.1. The van der Waals surface area contributed by atoms with Crippen LogP contribution in [0.15, 0.2) is 33.5 Å². The standard InChI is InChI=1S/C13H16Br2N4/c1-3-19-13(17-8-18-19)7-12(16-2)9-4-10(14)6-11(15)5-9/h4-6,8,12,16H,3,7H2,1-2H3. The molecule has 0 saturated heterocycles. The van der Waals surface area contributed by atoms with Crippen molar-refractivity contribution in [2.45, 2.75) is 25.9 Å². The van der Waals surface area contributed by atoms with Gasteiger partial charge in [0, 0.05) is 28.0 Å². The van der Waals surface area contributed by atoms with Crippen LogP contribution in [0.4, 0.5) is 0 Å². The van der Waals surface area contributed by atoms with Crippen molar-refractivity contribution in [3.8, 4) is 0 Å².